The Morgan fingerprint density at radius 3 is 2.80 bits per heavy atom. The Balaban J connectivity index is 2.35. The first kappa shape index (κ1) is 12.7. The molecule has 0 aliphatic rings. The second-order valence-corrected chi connectivity index (χ2v) is 4.81. The molecule has 0 aliphatic carbocycles. The monoisotopic (exact) mass is 288 g/mol. The van der Waals surface area contributed by atoms with Gasteiger partial charge in [-0.1, -0.05) is 23.7 Å². The van der Waals surface area contributed by atoms with E-state index < -0.39 is 0 Å². The van der Waals surface area contributed by atoms with Crippen LogP contribution in [0.5, 0.6) is 5.75 Å². The van der Waals surface area contributed by atoms with Gasteiger partial charge in [0.2, 0.25) is 5.95 Å². The summed E-state index contributed by atoms with van der Waals surface area (Å²) >= 11 is 6.18. The number of hydrogen-bond acceptors (Lipinski definition) is 4. The maximum absolute atomic E-state index is 6.18. The van der Waals surface area contributed by atoms with Crippen molar-refractivity contribution in [2.24, 2.45) is 0 Å². The zero-order valence-electron chi connectivity index (χ0n) is 11.1. The van der Waals surface area contributed by atoms with Gasteiger partial charge in [-0.2, -0.15) is 4.98 Å². The molecule has 0 unspecified atom stereocenters. The fourth-order valence-electron chi connectivity index (χ4n) is 2.20. The molecular formula is C14H13ClN4O. The number of fused-ring (bicyclic) bond motifs is 1. The number of pyridine rings is 1. The molecule has 0 amide bonds. The number of rotatable bonds is 2. The van der Waals surface area contributed by atoms with Crippen molar-refractivity contribution in [3.63, 3.8) is 0 Å². The molecule has 0 fully saturated rings. The summed E-state index contributed by atoms with van der Waals surface area (Å²) < 4.78 is 6.95. The summed E-state index contributed by atoms with van der Waals surface area (Å²) in [6.45, 7) is 1.97. The highest BCUT2D eigenvalue weighted by Gasteiger charge is 2.14. The van der Waals surface area contributed by atoms with Crippen molar-refractivity contribution in [3.05, 3.63) is 40.9 Å². The van der Waals surface area contributed by atoms with Gasteiger partial charge in [-0.3, -0.25) is 0 Å². The first-order valence-electron chi connectivity index (χ1n) is 6.06. The minimum absolute atomic E-state index is 0.204. The van der Waals surface area contributed by atoms with Crippen molar-refractivity contribution in [2.75, 3.05) is 12.8 Å². The summed E-state index contributed by atoms with van der Waals surface area (Å²) in [5.41, 5.74) is 9.12. The van der Waals surface area contributed by atoms with Crippen molar-refractivity contribution in [1.82, 2.24) is 14.6 Å². The van der Waals surface area contributed by atoms with E-state index >= 15 is 0 Å². The molecule has 5 nitrogen and oxygen atoms in total. The predicted octanol–water partition coefficient (Wildman–Crippen LogP) is 2.95. The number of aromatic nitrogens is 3. The molecule has 20 heavy (non-hydrogen) atoms. The predicted molar refractivity (Wildman–Crippen MR) is 79.1 cm³/mol. The van der Waals surface area contributed by atoms with Crippen LogP contribution in [0, 0.1) is 6.92 Å². The van der Waals surface area contributed by atoms with E-state index in [1.807, 2.05) is 37.3 Å². The van der Waals surface area contributed by atoms with E-state index in [1.165, 1.54) is 0 Å². The molecule has 2 N–H and O–H groups in total. The van der Waals surface area contributed by atoms with Crippen LogP contribution in [0.25, 0.3) is 16.9 Å². The van der Waals surface area contributed by atoms with Gasteiger partial charge in [-0.05, 0) is 30.7 Å². The van der Waals surface area contributed by atoms with Gasteiger partial charge in [0, 0.05) is 10.6 Å². The molecule has 6 heteroatoms. The van der Waals surface area contributed by atoms with Gasteiger partial charge in [0.25, 0.3) is 0 Å². The summed E-state index contributed by atoms with van der Waals surface area (Å²) in [4.78, 5) is 4.19. The average Bonchev–Trinajstić information content (AvgIpc) is 2.82. The molecule has 2 heterocycles. The first-order chi connectivity index (χ1) is 9.61. The highest BCUT2D eigenvalue weighted by atomic mass is 35.5. The van der Waals surface area contributed by atoms with E-state index in [1.54, 1.807) is 11.6 Å². The number of benzene rings is 1. The highest BCUT2D eigenvalue weighted by molar-refractivity contribution is 6.31. The van der Waals surface area contributed by atoms with Crippen molar-refractivity contribution in [3.8, 4) is 17.0 Å². The standard InChI is InChI=1S/C14H13ClN4O/c1-8-9(4-3-5-10(8)15)11-6-7-12(20-2)13-17-14(16)18-19(11)13/h3-7H,1-2H3,(H2,16,18). The normalized spacial score (nSPS) is 10.9. The van der Waals surface area contributed by atoms with E-state index in [-0.39, 0.29) is 5.95 Å². The number of nitrogen functional groups attached to an aromatic ring is 1. The van der Waals surface area contributed by atoms with Crippen LogP contribution in [0.4, 0.5) is 5.95 Å². The van der Waals surface area contributed by atoms with Gasteiger partial charge in [-0.15, -0.1) is 5.10 Å². The molecule has 2 aromatic heterocycles. The highest BCUT2D eigenvalue weighted by Crippen LogP contribution is 2.31. The number of halogens is 1. The number of hydrogen-bond donors (Lipinski definition) is 1. The fraction of sp³-hybridized carbons (Fsp3) is 0.143. The SMILES string of the molecule is COc1ccc(-c2cccc(Cl)c2C)n2nc(N)nc12. The summed E-state index contributed by atoms with van der Waals surface area (Å²) in [6.07, 6.45) is 0. The molecule has 0 saturated carbocycles. The number of nitrogens with two attached hydrogens (primary N) is 1. The van der Waals surface area contributed by atoms with Crippen LogP contribution in [0.3, 0.4) is 0 Å². The lowest BCUT2D eigenvalue weighted by Crippen LogP contribution is -1.98. The maximum atomic E-state index is 6.18. The first-order valence-corrected chi connectivity index (χ1v) is 6.44. The van der Waals surface area contributed by atoms with E-state index in [2.05, 4.69) is 10.1 Å². The van der Waals surface area contributed by atoms with E-state index in [0.717, 1.165) is 16.8 Å². The molecule has 0 atom stereocenters. The molecule has 0 radical (unpaired) electrons. The van der Waals surface area contributed by atoms with Crippen LogP contribution in [-0.4, -0.2) is 21.7 Å². The summed E-state index contributed by atoms with van der Waals surface area (Å²) in [6, 6.07) is 9.51. The van der Waals surface area contributed by atoms with Gasteiger partial charge in [0.05, 0.1) is 12.8 Å². The third-order valence-corrected chi connectivity index (χ3v) is 3.64. The molecule has 3 rings (SSSR count). The van der Waals surface area contributed by atoms with Crippen LogP contribution < -0.4 is 10.5 Å². The second-order valence-electron chi connectivity index (χ2n) is 4.40. The molecule has 0 saturated heterocycles. The zero-order valence-corrected chi connectivity index (χ0v) is 11.8. The average molecular weight is 289 g/mol. The summed E-state index contributed by atoms with van der Waals surface area (Å²) in [5.74, 6) is 0.827. The Labute approximate surface area is 121 Å². The lowest BCUT2D eigenvalue weighted by Gasteiger charge is -2.10. The fourth-order valence-corrected chi connectivity index (χ4v) is 2.38. The smallest absolute Gasteiger partial charge is 0.240 e. The van der Waals surface area contributed by atoms with Gasteiger partial charge in [0.1, 0.15) is 0 Å². The number of anilines is 1. The van der Waals surface area contributed by atoms with Crippen molar-refractivity contribution < 1.29 is 4.74 Å². The molecule has 0 spiro atoms. The second kappa shape index (κ2) is 4.68. The Bertz CT molecular complexity index is 797. The molecule has 102 valence electrons. The van der Waals surface area contributed by atoms with E-state index in [4.69, 9.17) is 22.1 Å². The Morgan fingerprint density at radius 2 is 2.05 bits per heavy atom. The zero-order chi connectivity index (χ0) is 14.3. The minimum atomic E-state index is 0.204. The molecule has 3 aromatic rings. The summed E-state index contributed by atoms with van der Waals surface area (Å²) in [7, 11) is 1.59. The topological polar surface area (TPSA) is 65.4 Å². The Kier molecular flexibility index (Phi) is 2.99. The lowest BCUT2D eigenvalue weighted by molar-refractivity contribution is 0.416. The number of methoxy groups -OCH3 is 1. The quantitative estimate of drug-likeness (QED) is 0.787. The van der Waals surface area contributed by atoms with Crippen molar-refractivity contribution in [2.45, 2.75) is 6.92 Å². The van der Waals surface area contributed by atoms with Crippen LogP contribution in [0.1, 0.15) is 5.56 Å². The van der Waals surface area contributed by atoms with Crippen molar-refractivity contribution in [1.29, 1.82) is 0 Å². The van der Waals surface area contributed by atoms with Crippen LogP contribution in [0.2, 0.25) is 5.02 Å². The van der Waals surface area contributed by atoms with E-state index in [0.29, 0.717) is 16.4 Å². The minimum Gasteiger partial charge on any atom is -0.493 e. The molecule has 0 aliphatic heterocycles. The van der Waals surface area contributed by atoms with Crippen LogP contribution in [-0.2, 0) is 0 Å². The molecule has 1 aromatic carbocycles. The van der Waals surface area contributed by atoms with E-state index in [9.17, 15) is 0 Å². The molecular weight excluding hydrogens is 276 g/mol. The molecule has 0 bridgehead atoms. The van der Waals surface area contributed by atoms with Crippen LogP contribution >= 0.6 is 11.6 Å². The third kappa shape index (κ3) is 1.87. The van der Waals surface area contributed by atoms with Gasteiger partial charge in [0.15, 0.2) is 11.4 Å². The van der Waals surface area contributed by atoms with Crippen molar-refractivity contribution >= 4 is 23.2 Å². The van der Waals surface area contributed by atoms with Gasteiger partial charge in [-0.25, -0.2) is 4.52 Å². The summed E-state index contributed by atoms with van der Waals surface area (Å²) in [5, 5.41) is 4.94. The van der Waals surface area contributed by atoms with Crippen LogP contribution in [0.15, 0.2) is 30.3 Å². The Hall–Kier alpha value is -2.27. The van der Waals surface area contributed by atoms with Gasteiger partial charge < -0.3 is 10.5 Å². The maximum Gasteiger partial charge on any atom is 0.240 e. The lowest BCUT2D eigenvalue weighted by atomic mass is 10.1. The van der Waals surface area contributed by atoms with Gasteiger partial charge >= 0.3 is 0 Å². The third-order valence-electron chi connectivity index (χ3n) is 3.23. The number of nitrogens with zero attached hydrogens (tertiary/aromatic N) is 3. The Morgan fingerprint density at radius 1 is 1.25 bits per heavy atom. The number of ether oxygens (including phenoxy) is 1. The largest absolute Gasteiger partial charge is 0.493 e.